The molecule has 0 aliphatic rings. The number of rotatable bonds is 5. The van der Waals surface area contributed by atoms with Gasteiger partial charge < -0.3 is 10.5 Å². The average molecular weight is 193 g/mol. The molecule has 0 fully saturated rings. The van der Waals surface area contributed by atoms with Gasteiger partial charge in [-0.05, 0) is 17.5 Å². The van der Waals surface area contributed by atoms with Crippen molar-refractivity contribution >= 4 is 0 Å². The molecule has 0 saturated carbocycles. The fourth-order valence-electron chi connectivity index (χ4n) is 1.55. The Hall–Kier alpha value is -0.860. The molecule has 1 atom stereocenters. The first-order valence-electron chi connectivity index (χ1n) is 5.13. The molecule has 2 nitrogen and oxygen atoms in total. The second-order valence-corrected chi connectivity index (χ2v) is 3.46. The standard InChI is InChI=1S/C12H19NO/c1-3-4-12(14-2)11-7-5-10(9-13)6-8-11/h5-8,12H,3-4,9,13H2,1-2H3/t12-/m0/s1. The van der Waals surface area contributed by atoms with E-state index in [9.17, 15) is 0 Å². The average Bonchev–Trinajstić information content (AvgIpc) is 2.26. The van der Waals surface area contributed by atoms with Crippen molar-refractivity contribution in [3.05, 3.63) is 35.4 Å². The van der Waals surface area contributed by atoms with Crippen LogP contribution in [0.15, 0.2) is 24.3 Å². The molecular formula is C12H19NO. The molecule has 2 heteroatoms. The molecule has 0 aliphatic heterocycles. The SMILES string of the molecule is CCC[C@H](OC)c1ccc(CN)cc1. The fraction of sp³-hybridized carbons (Fsp3) is 0.500. The van der Waals surface area contributed by atoms with Crippen molar-refractivity contribution in [3.8, 4) is 0 Å². The van der Waals surface area contributed by atoms with Crippen LogP contribution in [0.4, 0.5) is 0 Å². The monoisotopic (exact) mass is 193 g/mol. The maximum Gasteiger partial charge on any atom is 0.0821 e. The molecule has 0 aliphatic carbocycles. The summed E-state index contributed by atoms with van der Waals surface area (Å²) in [5, 5.41) is 0. The lowest BCUT2D eigenvalue weighted by Gasteiger charge is -2.14. The Bertz CT molecular complexity index is 256. The summed E-state index contributed by atoms with van der Waals surface area (Å²) in [5.41, 5.74) is 7.94. The molecule has 0 heterocycles. The van der Waals surface area contributed by atoms with Crippen LogP contribution in [-0.4, -0.2) is 7.11 Å². The Kier molecular flexibility index (Phi) is 4.63. The molecule has 78 valence electrons. The normalized spacial score (nSPS) is 12.8. The van der Waals surface area contributed by atoms with Crippen LogP contribution in [0.5, 0.6) is 0 Å². The zero-order chi connectivity index (χ0) is 10.4. The fourth-order valence-corrected chi connectivity index (χ4v) is 1.55. The highest BCUT2D eigenvalue weighted by atomic mass is 16.5. The van der Waals surface area contributed by atoms with Gasteiger partial charge in [0.2, 0.25) is 0 Å². The van der Waals surface area contributed by atoms with Crippen LogP contribution in [0.3, 0.4) is 0 Å². The molecule has 0 amide bonds. The van der Waals surface area contributed by atoms with Crippen LogP contribution in [0.25, 0.3) is 0 Å². The summed E-state index contributed by atoms with van der Waals surface area (Å²) in [7, 11) is 1.76. The number of benzene rings is 1. The minimum atomic E-state index is 0.229. The Labute approximate surface area is 86.1 Å². The van der Waals surface area contributed by atoms with Crippen molar-refractivity contribution in [2.24, 2.45) is 5.73 Å². The van der Waals surface area contributed by atoms with Crippen LogP contribution in [0, 0.1) is 0 Å². The molecule has 0 unspecified atom stereocenters. The molecule has 0 bridgehead atoms. The lowest BCUT2D eigenvalue weighted by Crippen LogP contribution is -2.02. The molecule has 14 heavy (non-hydrogen) atoms. The van der Waals surface area contributed by atoms with Crippen molar-refractivity contribution in [3.63, 3.8) is 0 Å². The highest BCUT2D eigenvalue weighted by molar-refractivity contribution is 5.24. The van der Waals surface area contributed by atoms with Crippen molar-refractivity contribution in [1.29, 1.82) is 0 Å². The summed E-state index contributed by atoms with van der Waals surface area (Å²) in [6, 6.07) is 8.34. The summed E-state index contributed by atoms with van der Waals surface area (Å²) < 4.78 is 5.42. The van der Waals surface area contributed by atoms with Crippen molar-refractivity contribution in [2.75, 3.05) is 7.11 Å². The first kappa shape index (κ1) is 11.2. The molecule has 2 N–H and O–H groups in total. The number of methoxy groups -OCH3 is 1. The molecular weight excluding hydrogens is 174 g/mol. The van der Waals surface area contributed by atoms with E-state index in [1.165, 1.54) is 11.1 Å². The van der Waals surface area contributed by atoms with Crippen molar-refractivity contribution in [2.45, 2.75) is 32.4 Å². The maximum absolute atomic E-state index is 5.54. The highest BCUT2D eigenvalue weighted by Gasteiger charge is 2.08. The number of ether oxygens (including phenoxy) is 1. The zero-order valence-corrected chi connectivity index (χ0v) is 8.99. The summed E-state index contributed by atoms with van der Waals surface area (Å²) >= 11 is 0. The summed E-state index contributed by atoms with van der Waals surface area (Å²) in [4.78, 5) is 0. The van der Waals surface area contributed by atoms with Crippen LogP contribution in [0.1, 0.15) is 37.0 Å². The van der Waals surface area contributed by atoms with E-state index in [4.69, 9.17) is 10.5 Å². The van der Waals surface area contributed by atoms with Crippen molar-refractivity contribution in [1.82, 2.24) is 0 Å². The van der Waals surface area contributed by atoms with E-state index in [1.54, 1.807) is 7.11 Å². The minimum Gasteiger partial charge on any atom is -0.377 e. The summed E-state index contributed by atoms with van der Waals surface area (Å²) in [5.74, 6) is 0. The van der Waals surface area contributed by atoms with Crippen LogP contribution < -0.4 is 5.73 Å². The maximum atomic E-state index is 5.54. The first-order chi connectivity index (χ1) is 6.81. The van der Waals surface area contributed by atoms with Gasteiger partial charge >= 0.3 is 0 Å². The first-order valence-corrected chi connectivity index (χ1v) is 5.13. The third-order valence-electron chi connectivity index (χ3n) is 2.42. The Balaban J connectivity index is 2.73. The van der Waals surface area contributed by atoms with Gasteiger partial charge in [0.25, 0.3) is 0 Å². The predicted molar refractivity (Wildman–Crippen MR) is 59.0 cm³/mol. The Morgan fingerprint density at radius 2 is 1.93 bits per heavy atom. The van der Waals surface area contributed by atoms with Gasteiger partial charge in [-0.3, -0.25) is 0 Å². The van der Waals surface area contributed by atoms with E-state index in [0.29, 0.717) is 6.54 Å². The van der Waals surface area contributed by atoms with Gasteiger partial charge in [0.1, 0.15) is 0 Å². The minimum absolute atomic E-state index is 0.229. The second-order valence-electron chi connectivity index (χ2n) is 3.46. The largest absolute Gasteiger partial charge is 0.377 e. The van der Waals surface area contributed by atoms with Gasteiger partial charge in [-0.1, -0.05) is 37.6 Å². The predicted octanol–water partition coefficient (Wildman–Crippen LogP) is 2.63. The van der Waals surface area contributed by atoms with E-state index < -0.39 is 0 Å². The van der Waals surface area contributed by atoms with Crippen LogP contribution in [-0.2, 0) is 11.3 Å². The molecule has 0 radical (unpaired) electrons. The van der Waals surface area contributed by atoms with Gasteiger partial charge in [-0.2, -0.15) is 0 Å². The molecule has 1 aromatic rings. The van der Waals surface area contributed by atoms with Gasteiger partial charge in [0.15, 0.2) is 0 Å². The van der Waals surface area contributed by atoms with Gasteiger partial charge in [0, 0.05) is 13.7 Å². The topological polar surface area (TPSA) is 35.2 Å². The molecule has 0 spiro atoms. The van der Waals surface area contributed by atoms with Gasteiger partial charge in [0.05, 0.1) is 6.10 Å². The summed E-state index contributed by atoms with van der Waals surface area (Å²) in [6.07, 6.45) is 2.43. The van der Waals surface area contributed by atoms with Crippen molar-refractivity contribution < 1.29 is 4.74 Å². The van der Waals surface area contributed by atoms with E-state index in [0.717, 1.165) is 12.8 Å². The number of hydrogen-bond acceptors (Lipinski definition) is 2. The molecule has 0 aromatic heterocycles. The van der Waals surface area contributed by atoms with E-state index in [1.807, 2.05) is 0 Å². The Morgan fingerprint density at radius 1 is 1.29 bits per heavy atom. The molecule has 1 aromatic carbocycles. The quantitative estimate of drug-likeness (QED) is 0.780. The number of hydrogen-bond donors (Lipinski definition) is 1. The molecule has 1 rings (SSSR count). The third-order valence-corrected chi connectivity index (χ3v) is 2.42. The van der Waals surface area contributed by atoms with E-state index >= 15 is 0 Å². The summed E-state index contributed by atoms with van der Waals surface area (Å²) in [6.45, 7) is 2.77. The van der Waals surface area contributed by atoms with Crippen LogP contribution >= 0.6 is 0 Å². The Morgan fingerprint density at radius 3 is 2.36 bits per heavy atom. The lowest BCUT2D eigenvalue weighted by molar-refractivity contribution is 0.0950. The van der Waals surface area contributed by atoms with Gasteiger partial charge in [-0.25, -0.2) is 0 Å². The highest BCUT2D eigenvalue weighted by Crippen LogP contribution is 2.21. The zero-order valence-electron chi connectivity index (χ0n) is 8.99. The van der Waals surface area contributed by atoms with Crippen LogP contribution in [0.2, 0.25) is 0 Å². The third kappa shape index (κ3) is 2.82. The van der Waals surface area contributed by atoms with Gasteiger partial charge in [-0.15, -0.1) is 0 Å². The smallest absolute Gasteiger partial charge is 0.0821 e. The lowest BCUT2D eigenvalue weighted by atomic mass is 10.0. The van der Waals surface area contributed by atoms with E-state index in [2.05, 4.69) is 31.2 Å². The number of nitrogens with two attached hydrogens (primary N) is 1. The second kappa shape index (κ2) is 5.78. The molecule has 0 saturated heterocycles. The van der Waals surface area contributed by atoms with E-state index in [-0.39, 0.29) is 6.10 Å².